The number of carbonyl (C=O) groups is 3. The molecule has 0 atom stereocenters. The van der Waals surface area contributed by atoms with Gasteiger partial charge in [0, 0.05) is 19.3 Å². The van der Waals surface area contributed by atoms with Crippen molar-refractivity contribution in [2.75, 3.05) is 26.2 Å². The van der Waals surface area contributed by atoms with Crippen molar-refractivity contribution in [2.24, 2.45) is 0 Å². The summed E-state index contributed by atoms with van der Waals surface area (Å²) in [5.74, 6) is -2.30. The maximum atomic E-state index is 11.0. The number of aliphatic carboxylic acids is 3. The van der Waals surface area contributed by atoms with Gasteiger partial charge >= 0.3 is 17.9 Å². The van der Waals surface area contributed by atoms with Crippen LogP contribution in [0.3, 0.4) is 0 Å². The summed E-state index contributed by atoms with van der Waals surface area (Å²) in [6, 6.07) is 0. The van der Waals surface area contributed by atoms with Crippen LogP contribution >= 0.6 is 0 Å². The lowest BCUT2D eigenvalue weighted by atomic mass is 10.0. The number of quaternary nitrogens is 1. The first-order valence-corrected chi connectivity index (χ1v) is 18.9. The molecule has 0 aromatic rings. The predicted molar refractivity (Wildman–Crippen MR) is 187 cm³/mol. The Morgan fingerprint density at radius 1 is 0.378 bits per heavy atom. The standard InChI is InChI=1S/C38H71NO6/c1-2-3-4-5-6-7-8-9-10-11-12-13-14-15-16-17-18-19-20-21-25-32-39(33-26-22-29-36(40)41,34-27-23-30-37(42)43)35-28-24-31-38(44)45/h2H,1,3-35H2,(H2-,40,41,42,43,44,45)/p+1. The van der Waals surface area contributed by atoms with Gasteiger partial charge in [-0.2, -0.15) is 0 Å². The predicted octanol–water partition coefficient (Wildman–Crippen LogP) is 10.6. The van der Waals surface area contributed by atoms with Crippen LogP contribution in [0.25, 0.3) is 0 Å². The molecule has 264 valence electrons. The van der Waals surface area contributed by atoms with Crippen LogP contribution < -0.4 is 0 Å². The van der Waals surface area contributed by atoms with Crippen LogP contribution in [0.5, 0.6) is 0 Å². The van der Waals surface area contributed by atoms with Crippen molar-refractivity contribution >= 4 is 17.9 Å². The van der Waals surface area contributed by atoms with E-state index in [9.17, 15) is 14.4 Å². The Labute approximate surface area is 276 Å². The van der Waals surface area contributed by atoms with E-state index < -0.39 is 17.9 Å². The molecule has 7 nitrogen and oxygen atoms in total. The van der Waals surface area contributed by atoms with Crippen molar-refractivity contribution < 1.29 is 34.2 Å². The summed E-state index contributed by atoms with van der Waals surface area (Å²) in [4.78, 5) is 33.1. The van der Waals surface area contributed by atoms with E-state index in [0.29, 0.717) is 19.3 Å². The minimum absolute atomic E-state index is 0.176. The van der Waals surface area contributed by atoms with Crippen LogP contribution in [0.4, 0.5) is 0 Å². The molecule has 0 unspecified atom stereocenters. The Hall–Kier alpha value is -1.89. The van der Waals surface area contributed by atoms with Crippen molar-refractivity contribution in [3.05, 3.63) is 12.7 Å². The smallest absolute Gasteiger partial charge is 0.303 e. The molecule has 0 aromatic heterocycles. The third-order valence-corrected chi connectivity index (χ3v) is 9.36. The number of carboxylic acid groups (broad SMARTS) is 3. The number of nitrogens with zero attached hydrogens (tertiary/aromatic N) is 1. The highest BCUT2D eigenvalue weighted by Crippen LogP contribution is 2.20. The summed E-state index contributed by atoms with van der Waals surface area (Å²) >= 11 is 0. The zero-order valence-electron chi connectivity index (χ0n) is 29.1. The van der Waals surface area contributed by atoms with E-state index in [1.54, 1.807) is 0 Å². The number of hydrogen-bond donors (Lipinski definition) is 3. The van der Waals surface area contributed by atoms with Gasteiger partial charge in [-0.25, -0.2) is 0 Å². The van der Waals surface area contributed by atoms with Gasteiger partial charge in [0.05, 0.1) is 26.2 Å². The first kappa shape index (κ1) is 43.1. The van der Waals surface area contributed by atoms with Crippen molar-refractivity contribution in [3.63, 3.8) is 0 Å². The van der Waals surface area contributed by atoms with Crippen LogP contribution in [0.15, 0.2) is 12.7 Å². The molecule has 0 heterocycles. The van der Waals surface area contributed by atoms with E-state index in [-0.39, 0.29) is 19.3 Å². The second-order valence-electron chi connectivity index (χ2n) is 13.6. The highest BCUT2D eigenvalue weighted by molar-refractivity contribution is 5.67. The molecule has 3 N–H and O–H groups in total. The van der Waals surface area contributed by atoms with Gasteiger partial charge in [-0.1, -0.05) is 109 Å². The second kappa shape index (κ2) is 32.1. The number of hydrogen-bond acceptors (Lipinski definition) is 3. The molecule has 7 heteroatoms. The lowest BCUT2D eigenvalue weighted by Crippen LogP contribution is -2.51. The van der Waals surface area contributed by atoms with Crippen LogP contribution in [-0.2, 0) is 14.4 Å². The molecule has 0 spiro atoms. The Bertz CT molecular complexity index is 670. The summed E-state index contributed by atoms with van der Waals surface area (Å²) < 4.78 is 0.870. The molecule has 0 saturated heterocycles. The van der Waals surface area contributed by atoms with Crippen molar-refractivity contribution in [1.29, 1.82) is 0 Å². The third kappa shape index (κ3) is 31.9. The van der Waals surface area contributed by atoms with Crippen molar-refractivity contribution in [3.8, 4) is 0 Å². The average Bonchev–Trinajstić information content (AvgIpc) is 3.00. The van der Waals surface area contributed by atoms with Crippen LogP contribution in [0.1, 0.15) is 186 Å². The Kier molecular flexibility index (Phi) is 30.7. The molecule has 0 fully saturated rings. The topological polar surface area (TPSA) is 112 Å². The molecule has 0 aliphatic heterocycles. The van der Waals surface area contributed by atoms with Crippen LogP contribution in [0, 0.1) is 0 Å². The van der Waals surface area contributed by atoms with Gasteiger partial charge in [0.15, 0.2) is 0 Å². The van der Waals surface area contributed by atoms with Gasteiger partial charge in [-0.05, 0) is 64.2 Å². The summed E-state index contributed by atoms with van der Waals surface area (Å²) in [7, 11) is 0. The SMILES string of the molecule is C=CCCCCCCCCCCCCCCCCCCCCC[N+](CCCCC(=O)O)(CCCCC(=O)O)CCCCC(=O)O. The molecule has 0 aromatic carbocycles. The Morgan fingerprint density at radius 2 is 0.600 bits per heavy atom. The molecular weight excluding hydrogens is 566 g/mol. The highest BCUT2D eigenvalue weighted by Gasteiger charge is 2.26. The van der Waals surface area contributed by atoms with E-state index in [0.717, 1.165) is 56.3 Å². The number of rotatable bonds is 37. The van der Waals surface area contributed by atoms with Gasteiger partial charge in [-0.15, -0.1) is 6.58 Å². The number of unbranched alkanes of at least 4 members (excludes halogenated alkanes) is 22. The van der Waals surface area contributed by atoms with Crippen LogP contribution in [-0.4, -0.2) is 63.9 Å². The zero-order chi connectivity index (χ0) is 33.3. The van der Waals surface area contributed by atoms with E-state index in [1.807, 2.05) is 6.08 Å². The minimum atomic E-state index is -0.765. The van der Waals surface area contributed by atoms with Gasteiger partial charge in [0.2, 0.25) is 0 Å². The number of carboxylic acids is 3. The average molecular weight is 639 g/mol. The molecular formula is C38H72NO6+. The fourth-order valence-electron chi connectivity index (χ4n) is 6.58. The maximum absolute atomic E-state index is 11.0. The summed E-state index contributed by atoms with van der Waals surface area (Å²) in [6.07, 6.45) is 33.7. The largest absolute Gasteiger partial charge is 0.481 e. The Balaban J connectivity index is 4.15. The van der Waals surface area contributed by atoms with Gasteiger partial charge < -0.3 is 19.8 Å². The molecule has 0 aliphatic rings. The molecule has 45 heavy (non-hydrogen) atoms. The molecule has 0 bridgehead atoms. The summed E-state index contributed by atoms with van der Waals surface area (Å²) in [5.41, 5.74) is 0. The first-order chi connectivity index (χ1) is 21.8. The van der Waals surface area contributed by atoms with E-state index in [2.05, 4.69) is 6.58 Å². The van der Waals surface area contributed by atoms with E-state index in [4.69, 9.17) is 15.3 Å². The lowest BCUT2D eigenvalue weighted by Gasteiger charge is -2.39. The summed E-state index contributed by atoms with van der Waals surface area (Å²) in [5, 5.41) is 27.2. The molecule has 0 saturated carbocycles. The highest BCUT2D eigenvalue weighted by atomic mass is 16.4. The quantitative estimate of drug-likeness (QED) is 0.0354. The minimum Gasteiger partial charge on any atom is -0.481 e. The van der Waals surface area contributed by atoms with Gasteiger partial charge in [-0.3, -0.25) is 14.4 Å². The second-order valence-corrected chi connectivity index (χ2v) is 13.6. The number of allylic oxidation sites excluding steroid dienone is 1. The molecule has 0 amide bonds. The fourth-order valence-corrected chi connectivity index (χ4v) is 6.58. The lowest BCUT2D eigenvalue weighted by molar-refractivity contribution is -0.929. The fraction of sp³-hybridized carbons (Fsp3) is 0.868. The third-order valence-electron chi connectivity index (χ3n) is 9.36. The monoisotopic (exact) mass is 639 g/mol. The normalized spacial score (nSPS) is 11.6. The molecule has 0 radical (unpaired) electrons. The molecule has 0 rings (SSSR count). The van der Waals surface area contributed by atoms with Crippen LogP contribution in [0.2, 0.25) is 0 Å². The maximum Gasteiger partial charge on any atom is 0.303 e. The molecule has 0 aliphatic carbocycles. The van der Waals surface area contributed by atoms with E-state index in [1.165, 1.54) is 122 Å². The zero-order valence-corrected chi connectivity index (χ0v) is 29.1. The Morgan fingerprint density at radius 3 is 0.844 bits per heavy atom. The first-order valence-electron chi connectivity index (χ1n) is 18.9. The van der Waals surface area contributed by atoms with E-state index >= 15 is 0 Å². The van der Waals surface area contributed by atoms with Crippen molar-refractivity contribution in [1.82, 2.24) is 0 Å². The van der Waals surface area contributed by atoms with Gasteiger partial charge in [0.25, 0.3) is 0 Å². The summed E-state index contributed by atoms with van der Waals surface area (Å²) in [6.45, 7) is 7.48. The van der Waals surface area contributed by atoms with Crippen molar-refractivity contribution in [2.45, 2.75) is 186 Å². The van der Waals surface area contributed by atoms with Gasteiger partial charge in [0.1, 0.15) is 0 Å².